The molecule has 0 aromatic heterocycles. The number of nitrogens with zero attached hydrogens (tertiary/aromatic N) is 1. The highest BCUT2D eigenvalue weighted by Crippen LogP contribution is 2.34. The smallest absolute Gasteiger partial charge is 0.223 e. The Morgan fingerprint density at radius 3 is 2.55 bits per heavy atom. The number of piperidine rings is 1. The van der Waals surface area contributed by atoms with Crippen LogP contribution in [0.1, 0.15) is 83.2 Å². The van der Waals surface area contributed by atoms with Crippen LogP contribution < -0.4 is 10.2 Å². The summed E-state index contributed by atoms with van der Waals surface area (Å²) >= 11 is 0. The number of benzene rings is 1. The monoisotopic (exact) mass is 404 g/mol. The first kappa shape index (κ1) is 22.1. The lowest BCUT2D eigenvalue weighted by atomic mass is 9.79. The molecule has 162 valence electrons. The predicted molar refractivity (Wildman–Crippen MR) is 115 cm³/mol. The molecular formula is C24H37FN2O2. The van der Waals surface area contributed by atoms with Gasteiger partial charge in [0.2, 0.25) is 5.91 Å². The lowest BCUT2D eigenvalue weighted by Gasteiger charge is -2.34. The van der Waals surface area contributed by atoms with Crippen molar-refractivity contribution in [3.8, 4) is 0 Å². The maximum atomic E-state index is 14.0. The van der Waals surface area contributed by atoms with Crippen LogP contribution in [0, 0.1) is 17.7 Å². The second kappa shape index (κ2) is 10.4. The zero-order valence-electron chi connectivity index (χ0n) is 18.0. The van der Waals surface area contributed by atoms with Gasteiger partial charge in [0.1, 0.15) is 5.82 Å². The fraction of sp³-hybridized carbons (Fsp3) is 0.708. The summed E-state index contributed by atoms with van der Waals surface area (Å²) in [4.78, 5) is 15.1. The number of rotatable bonds is 7. The average molecular weight is 405 g/mol. The molecule has 29 heavy (non-hydrogen) atoms. The molecule has 1 amide bonds. The highest BCUT2D eigenvalue weighted by Gasteiger charge is 2.28. The fourth-order valence-electron chi connectivity index (χ4n) is 4.88. The molecule has 1 aliphatic carbocycles. The number of nitrogens with one attached hydrogen (secondary N) is 1. The summed E-state index contributed by atoms with van der Waals surface area (Å²) in [5.41, 5.74) is 1.79. The van der Waals surface area contributed by atoms with Crippen molar-refractivity contribution in [2.45, 2.75) is 83.8 Å². The summed E-state index contributed by atoms with van der Waals surface area (Å²) in [5.74, 6) is 0.687. The molecule has 0 bridgehead atoms. The van der Waals surface area contributed by atoms with Gasteiger partial charge in [-0.05, 0) is 69.6 Å². The van der Waals surface area contributed by atoms with Gasteiger partial charge in [0.15, 0.2) is 0 Å². The van der Waals surface area contributed by atoms with E-state index in [9.17, 15) is 14.3 Å². The minimum Gasteiger partial charge on any atom is -0.393 e. The number of anilines is 1. The largest absolute Gasteiger partial charge is 0.393 e. The fourth-order valence-corrected chi connectivity index (χ4v) is 4.88. The highest BCUT2D eigenvalue weighted by molar-refractivity contribution is 5.79. The first-order valence-electron chi connectivity index (χ1n) is 11.5. The highest BCUT2D eigenvalue weighted by atomic mass is 19.1. The molecule has 0 radical (unpaired) electrons. The third kappa shape index (κ3) is 5.94. The van der Waals surface area contributed by atoms with Crippen molar-refractivity contribution in [2.24, 2.45) is 11.8 Å². The van der Waals surface area contributed by atoms with Crippen LogP contribution in [0.5, 0.6) is 0 Å². The third-order valence-corrected chi connectivity index (χ3v) is 6.80. The molecule has 3 rings (SSSR count). The van der Waals surface area contributed by atoms with E-state index in [4.69, 9.17) is 0 Å². The molecule has 1 saturated heterocycles. The van der Waals surface area contributed by atoms with Gasteiger partial charge in [-0.3, -0.25) is 4.79 Å². The Hall–Kier alpha value is -1.62. The van der Waals surface area contributed by atoms with Crippen LogP contribution in [0.2, 0.25) is 0 Å². The number of aliphatic hydroxyl groups excluding tert-OH is 1. The van der Waals surface area contributed by atoms with E-state index >= 15 is 0 Å². The van der Waals surface area contributed by atoms with Crippen molar-refractivity contribution in [1.82, 2.24) is 5.32 Å². The summed E-state index contributed by atoms with van der Waals surface area (Å²) in [6.07, 6.45) is 9.23. The summed E-state index contributed by atoms with van der Waals surface area (Å²) in [6, 6.07) is 4.60. The molecule has 1 unspecified atom stereocenters. The van der Waals surface area contributed by atoms with Crippen LogP contribution in [0.15, 0.2) is 18.2 Å². The van der Waals surface area contributed by atoms with Crippen molar-refractivity contribution in [3.63, 3.8) is 0 Å². The average Bonchev–Trinajstić information content (AvgIpc) is 2.73. The minimum atomic E-state index is -0.279. The van der Waals surface area contributed by atoms with Crippen LogP contribution in [0.25, 0.3) is 0 Å². The van der Waals surface area contributed by atoms with Gasteiger partial charge >= 0.3 is 0 Å². The Morgan fingerprint density at radius 2 is 1.90 bits per heavy atom. The van der Waals surface area contributed by atoms with E-state index < -0.39 is 0 Å². The molecular weight excluding hydrogens is 367 g/mol. The van der Waals surface area contributed by atoms with E-state index in [1.807, 2.05) is 13.0 Å². The van der Waals surface area contributed by atoms with Crippen LogP contribution >= 0.6 is 0 Å². The summed E-state index contributed by atoms with van der Waals surface area (Å²) in [7, 11) is 0. The number of hydrogen-bond acceptors (Lipinski definition) is 3. The molecule has 1 aliphatic heterocycles. The SMILES string of the molecule is CCCCC1CCC(C(=O)NC(C)c2cc(F)ccc2N2CCC(O)CC2)CC1. The summed E-state index contributed by atoms with van der Waals surface area (Å²) in [5, 5.41) is 12.9. The second-order valence-corrected chi connectivity index (χ2v) is 9.01. The maximum Gasteiger partial charge on any atom is 0.223 e. The standard InChI is InChI=1S/C24H37FN2O2/c1-3-4-5-18-6-8-19(9-7-18)24(29)26-17(2)22-16-20(25)10-11-23(22)27-14-12-21(28)13-15-27/h10-11,16-19,21,28H,3-9,12-15H2,1-2H3,(H,26,29). The Bertz CT molecular complexity index is 665. The van der Waals surface area contributed by atoms with Gasteiger partial charge in [0, 0.05) is 30.3 Å². The van der Waals surface area contributed by atoms with Crippen LogP contribution in [0.3, 0.4) is 0 Å². The molecule has 1 saturated carbocycles. The van der Waals surface area contributed by atoms with E-state index in [1.165, 1.54) is 25.3 Å². The number of unbranched alkanes of at least 4 members (excludes halogenated alkanes) is 1. The van der Waals surface area contributed by atoms with Gasteiger partial charge in [-0.2, -0.15) is 0 Å². The molecule has 1 aromatic carbocycles. The zero-order valence-corrected chi connectivity index (χ0v) is 18.0. The van der Waals surface area contributed by atoms with E-state index in [-0.39, 0.29) is 29.8 Å². The van der Waals surface area contributed by atoms with Gasteiger partial charge in [-0.25, -0.2) is 4.39 Å². The number of carbonyl (C=O) groups is 1. The maximum absolute atomic E-state index is 14.0. The zero-order chi connectivity index (χ0) is 20.8. The normalized spacial score (nSPS) is 24.3. The minimum absolute atomic E-state index is 0.0810. The number of carbonyl (C=O) groups excluding carboxylic acids is 1. The molecule has 1 aromatic rings. The third-order valence-electron chi connectivity index (χ3n) is 6.80. The quantitative estimate of drug-likeness (QED) is 0.675. The summed E-state index contributed by atoms with van der Waals surface area (Å²) in [6.45, 7) is 5.68. The van der Waals surface area contributed by atoms with Crippen molar-refractivity contribution in [3.05, 3.63) is 29.6 Å². The van der Waals surface area contributed by atoms with E-state index in [0.29, 0.717) is 0 Å². The number of halogens is 1. The lowest BCUT2D eigenvalue weighted by Crippen LogP contribution is -2.38. The van der Waals surface area contributed by atoms with E-state index in [2.05, 4.69) is 17.1 Å². The second-order valence-electron chi connectivity index (χ2n) is 9.01. The van der Waals surface area contributed by atoms with Crippen molar-refractivity contribution < 1.29 is 14.3 Å². The van der Waals surface area contributed by atoms with Crippen molar-refractivity contribution in [1.29, 1.82) is 0 Å². The van der Waals surface area contributed by atoms with Gasteiger partial charge in [-0.1, -0.05) is 26.2 Å². The van der Waals surface area contributed by atoms with E-state index in [1.54, 1.807) is 6.07 Å². The Morgan fingerprint density at radius 1 is 1.21 bits per heavy atom. The first-order valence-corrected chi connectivity index (χ1v) is 11.5. The Kier molecular flexibility index (Phi) is 7.93. The number of aliphatic hydroxyl groups is 1. The predicted octanol–water partition coefficient (Wildman–Crippen LogP) is 4.96. The van der Waals surface area contributed by atoms with Crippen LogP contribution in [0.4, 0.5) is 10.1 Å². The Balaban J connectivity index is 1.61. The van der Waals surface area contributed by atoms with Crippen LogP contribution in [-0.4, -0.2) is 30.2 Å². The molecule has 2 aliphatic rings. The molecule has 2 N–H and O–H groups in total. The first-order chi connectivity index (χ1) is 14.0. The molecule has 0 spiro atoms. The van der Waals surface area contributed by atoms with E-state index in [0.717, 1.165) is 68.8 Å². The summed E-state index contributed by atoms with van der Waals surface area (Å²) < 4.78 is 14.0. The topological polar surface area (TPSA) is 52.6 Å². The van der Waals surface area contributed by atoms with Crippen molar-refractivity contribution >= 4 is 11.6 Å². The van der Waals surface area contributed by atoms with Gasteiger partial charge in [0.05, 0.1) is 12.1 Å². The van der Waals surface area contributed by atoms with Gasteiger partial charge in [0.25, 0.3) is 0 Å². The van der Waals surface area contributed by atoms with Gasteiger partial charge in [-0.15, -0.1) is 0 Å². The van der Waals surface area contributed by atoms with Crippen molar-refractivity contribution in [2.75, 3.05) is 18.0 Å². The molecule has 1 atom stereocenters. The molecule has 5 heteroatoms. The Labute approximate surface area is 174 Å². The lowest BCUT2D eigenvalue weighted by molar-refractivity contribution is -0.126. The number of hydrogen-bond donors (Lipinski definition) is 2. The van der Waals surface area contributed by atoms with Crippen LogP contribution in [-0.2, 0) is 4.79 Å². The number of amides is 1. The molecule has 1 heterocycles. The molecule has 2 fully saturated rings. The molecule has 4 nitrogen and oxygen atoms in total. The van der Waals surface area contributed by atoms with Gasteiger partial charge < -0.3 is 15.3 Å².